The Morgan fingerprint density at radius 2 is 2.05 bits per heavy atom. The second-order valence-corrected chi connectivity index (χ2v) is 4.35. The van der Waals surface area contributed by atoms with Gasteiger partial charge in [-0.25, -0.2) is 4.79 Å². The molecule has 0 radical (unpaired) electrons. The molecule has 0 bridgehead atoms. The average molecular weight is 281 g/mol. The molecule has 2 N–H and O–H groups in total. The van der Waals surface area contributed by atoms with Crippen LogP contribution < -0.4 is 5.32 Å². The molecule has 0 aliphatic rings. The topological polar surface area (TPSA) is 91.5 Å². The molecule has 1 aromatic heterocycles. The van der Waals surface area contributed by atoms with Crippen molar-refractivity contribution in [1.82, 2.24) is 9.88 Å². The molecular weight excluding hydrogens is 262 g/mol. The maximum Gasteiger partial charge on any atom is 0.342 e. The third-order valence-electron chi connectivity index (χ3n) is 2.75. The lowest BCUT2D eigenvalue weighted by Crippen LogP contribution is -2.33. The maximum absolute atomic E-state index is 11.8. The molecule has 110 valence electrons. The van der Waals surface area contributed by atoms with Gasteiger partial charge in [-0.2, -0.15) is 0 Å². The van der Waals surface area contributed by atoms with Gasteiger partial charge < -0.3 is 19.9 Å². The molecule has 0 saturated heterocycles. The van der Waals surface area contributed by atoms with Gasteiger partial charge in [-0.3, -0.25) is 9.59 Å². The van der Waals surface area contributed by atoms with Gasteiger partial charge in [0.15, 0.2) is 0 Å². The van der Waals surface area contributed by atoms with E-state index >= 15 is 0 Å². The number of anilines is 1. The largest absolute Gasteiger partial charge is 0.462 e. The first-order valence-corrected chi connectivity index (χ1v) is 6.23. The summed E-state index contributed by atoms with van der Waals surface area (Å²) in [7, 11) is 1.52. The molecular formula is C13H19N3O4. The zero-order chi connectivity index (χ0) is 15.3. The van der Waals surface area contributed by atoms with Crippen LogP contribution in [0.2, 0.25) is 0 Å². The fourth-order valence-corrected chi connectivity index (χ4v) is 1.61. The molecule has 0 aliphatic carbocycles. The summed E-state index contributed by atoms with van der Waals surface area (Å²) in [5.41, 5.74) is 1.26. The number of amides is 2. The van der Waals surface area contributed by atoms with Gasteiger partial charge in [0.2, 0.25) is 11.8 Å². The zero-order valence-electron chi connectivity index (χ0n) is 12.1. The standard InChI is InChI=1S/C13H19N3O4/c1-5-20-13(19)12-8(2)14-6-10(12)15-11(18)7-16(4)9(3)17/h6,14H,5,7H2,1-4H3,(H,15,18). The van der Waals surface area contributed by atoms with E-state index < -0.39 is 5.97 Å². The molecule has 1 heterocycles. The number of rotatable bonds is 5. The summed E-state index contributed by atoms with van der Waals surface area (Å²) < 4.78 is 4.93. The van der Waals surface area contributed by atoms with Gasteiger partial charge in [0.25, 0.3) is 0 Å². The molecule has 0 aliphatic heterocycles. The summed E-state index contributed by atoms with van der Waals surface area (Å²) in [6, 6.07) is 0. The molecule has 1 aromatic rings. The van der Waals surface area contributed by atoms with E-state index in [4.69, 9.17) is 4.74 Å². The molecule has 0 unspecified atom stereocenters. The Labute approximate surface area is 117 Å². The SMILES string of the molecule is CCOC(=O)c1c(NC(=O)CN(C)C(C)=O)c[nH]c1C. The number of aryl methyl sites for hydroxylation is 1. The van der Waals surface area contributed by atoms with Crippen LogP contribution in [0.5, 0.6) is 0 Å². The van der Waals surface area contributed by atoms with Crippen LogP contribution in [0.4, 0.5) is 5.69 Å². The molecule has 0 aromatic carbocycles. The number of nitrogens with one attached hydrogen (secondary N) is 2. The lowest BCUT2D eigenvalue weighted by Gasteiger charge is -2.14. The van der Waals surface area contributed by atoms with E-state index in [-0.39, 0.29) is 25.0 Å². The number of aromatic amines is 1. The van der Waals surface area contributed by atoms with Crippen molar-refractivity contribution in [3.05, 3.63) is 17.5 Å². The van der Waals surface area contributed by atoms with Crippen molar-refractivity contribution in [3.8, 4) is 0 Å². The first kappa shape index (κ1) is 15.7. The first-order chi connectivity index (χ1) is 9.36. The first-order valence-electron chi connectivity index (χ1n) is 6.23. The van der Waals surface area contributed by atoms with Crippen LogP contribution in [0.25, 0.3) is 0 Å². The van der Waals surface area contributed by atoms with E-state index in [0.29, 0.717) is 16.9 Å². The van der Waals surface area contributed by atoms with Crippen molar-refractivity contribution in [3.63, 3.8) is 0 Å². The molecule has 0 fully saturated rings. The van der Waals surface area contributed by atoms with Crippen molar-refractivity contribution in [1.29, 1.82) is 0 Å². The lowest BCUT2D eigenvalue weighted by atomic mass is 10.2. The zero-order valence-corrected chi connectivity index (χ0v) is 12.1. The maximum atomic E-state index is 11.8. The Morgan fingerprint density at radius 1 is 1.40 bits per heavy atom. The summed E-state index contributed by atoms with van der Waals surface area (Å²) >= 11 is 0. The minimum absolute atomic E-state index is 0.0815. The number of aromatic nitrogens is 1. The van der Waals surface area contributed by atoms with E-state index in [0.717, 1.165) is 0 Å². The van der Waals surface area contributed by atoms with E-state index in [1.807, 2.05) is 0 Å². The predicted molar refractivity (Wildman–Crippen MR) is 73.4 cm³/mol. The highest BCUT2D eigenvalue weighted by atomic mass is 16.5. The molecule has 2 amide bonds. The fourth-order valence-electron chi connectivity index (χ4n) is 1.61. The highest BCUT2D eigenvalue weighted by Crippen LogP contribution is 2.20. The number of carbonyl (C=O) groups excluding carboxylic acids is 3. The van der Waals surface area contributed by atoms with Crippen molar-refractivity contribution in [2.45, 2.75) is 20.8 Å². The number of ether oxygens (including phenoxy) is 1. The van der Waals surface area contributed by atoms with Crippen LogP contribution in [0.1, 0.15) is 29.9 Å². The van der Waals surface area contributed by atoms with Gasteiger partial charge in [0.1, 0.15) is 5.56 Å². The van der Waals surface area contributed by atoms with Crippen molar-refractivity contribution < 1.29 is 19.1 Å². The minimum atomic E-state index is -0.499. The third kappa shape index (κ3) is 3.84. The van der Waals surface area contributed by atoms with Crippen LogP contribution in [0.15, 0.2) is 6.20 Å². The average Bonchev–Trinajstić information content (AvgIpc) is 2.70. The number of likely N-dealkylation sites (N-methyl/N-ethyl adjacent to an activating group) is 1. The molecule has 0 saturated carbocycles. The molecule has 0 spiro atoms. The Bertz CT molecular complexity index is 522. The van der Waals surface area contributed by atoms with E-state index in [1.54, 1.807) is 13.8 Å². The van der Waals surface area contributed by atoms with E-state index in [2.05, 4.69) is 10.3 Å². The Morgan fingerprint density at radius 3 is 2.60 bits per heavy atom. The normalized spacial score (nSPS) is 10.0. The highest BCUT2D eigenvalue weighted by Gasteiger charge is 2.19. The smallest absolute Gasteiger partial charge is 0.342 e. The molecule has 20 heavy (non-hydrogen) atoms. The van der Waals surface area contributed by atoms with Crippen LogP contribution in [-0.4, -0.2) is 47.9 Å². The monoisotopic (exact) mass is 281 g/mol. The van der Waals surface area contributed by atoms with Gasteiger partial charge in [-0.15, -0.1) is 0 Å². The van der Waals surface area contributed by atoms with Crippen LogP contribution in [0, 0.1) is 6.92 Å². The Balaban J connectivity index is 2.80. The van der Waals surface area contributed by atoms with Crippen LogP contribution in [0.3, 0.4) is 0 Å². The quantitative estimate of drug-likeness (QED) is 0.785. The van der Waals surface area contributed by atoms with Crippen LogP contribution >= 0.6 is 0 Å². The predicted octanol–water partition coefficient (Wildman–Crippen LogP) is 0.917. The number of hydrogen-bond acceptors (Lipinski definition) is 4. The molecule has 1 rings (SSSR count). The summed E-state index contributed by atoms with van der Waals surface area (Å²) in [5, 5.41) is 2.59. The van der Waals surface area contributed by atoms with Crippen molar-refractivity contribution in [2.24, 2.45) is 0 Å². The summed E-state index contributed by atoms with van der Waals surface area (Å²) in [6.07, 6.45) is 1.52. The van der Waals surface area contributed by atoms with Crippen LogP contribution in [-0.2, 0) is 14.3 Å². The molecule has 7 nitrogen and oxygen atoms in total. The van der Waals surface area contributed by atoms with Gasteiger partial charge in [-0.05, 0) is 13.8 Å². The highest BCUT2D eigenvalue weighted by molar-refractivity contribution is 6.03. The molecule has 7 heteroatoms. The second kappa shape index (κ2) is 6.74. The van der Waals surface area contributed by atoms with Gasteiger partial charge >= 0.3 is 5.97 Å². The number of nitrogens with zero attached hydrogens (tertiary/aromatic N) is 1. The fraction of sp³-hybridized carbons (Fsp3) is 0.462. The van der Waals surface area contributed by atoms with E-state index in [9.17, 15) is 14.4 Å². The summed E-state index contributed by atoms with van der Waals surface area (Å²) in [6.45, 7) is 4.97. The number of carbonyl (C=O) groups is 3. The minimum Gasteiger partial charge on any atom is -0.462 e. The Hall–Kier alpha value is -2.31. The lowest BCUT2D eigenvalue weighted by molar-refractivity contribution is -0.131. The van der Waals surface area contributed by atoms with Gasteiger partial charge in [0, 0.05) is 25.9 Å². The molecule has 0 atom stereocenters. The second-order valence-electron chi connectivity index (χ2n) is 4.35. The van der Waals surface area contributed by atoms with Gasteiger partial charge in [0.05, 0.1) is 18.8 Å². The summed E-state index contributed by atoms with van der Waals surface area (Å²) in [5.74, 6) is -1.09. The third-order valence-corrected chi connectivity index (χ3v) is 2.75. The van der Waals surface area contributed by atoms with Crippen molar-refractivity contribution >= 4 is 23.5 Å². The van der Waals surface area contributed by atoms with E-state index in [1.165, 1.54) is 25.1 Å². The number of H-pyrrole nitrogens is 1. The number of hydrogen-bond donors (Lipinski definition) is 2. The number of esters is 1. The van der Waals surface area contributed by atoms with Gasteiger partial charge in [-0.1, -0.05) is 0 Å². The van der Waals surface area contributed by atoms with Crippen molar-refractivity contribution in [2.75, 3.05) is 25.5 Å². The summed E-state index contributed by atoms with van der Waals surface area (Å²) in [4.78, 5) is 38.8. The Kier molecular flexibility index (Phi) is 5.31.